The second-order valence-electron chi connectivity index (χ2n) is 7.05. The van der Waals surface area contributed by atoms with Crippen LogP contribution < -0.4 is 0 Å². The predicted molar refractivity (Wildman–Crippen MR) is 86.2 cm³/mol. The van der Waals surface area contributed by atoms with Crippen LogP contribution in [-0.2, 0) is 0 Å². The van der Waals surface area contributed by atoms with Gasteiger partial charge < -0.3 is 4.48 Å². The molecule has 0 bridgehead atoms. The maximum absolute atomic E-state index is 3.99. The van der Waals surface area contributed by atoms with Crippen molar-refractivity contribution in [1.82, 2.24) is 0 Å². The van der Waals surface area contributed by atoms with Crippen LogP contribution in [0.1, 0.15) is 65.7 Å². The van der Waals surface area contributed by atoms with Gasteiger partial charge >= 0.3 is 0 Å². The van der Waals surface area contributed by atoms with Crippen LogP contribution in [0.2, 0.25) is 0 Å². The number of hydrogen-bond acceptors (Lipinski definition) is 0. The van der Waals surface area contributed by atoms with Crippen LogP contribution in [0, 0.1) is 11.8 Å². The van der Waals surface area contributed by atoms with Gasteiger partial charge in [-0.05, 0) is 37.7 Å². The van der Waals surface area contributed by atoms with Gasteiger partial charge in [-0.15, -0.1) is 0 Å². The molecule has 19 heavy (non-hydrogen) atoms. The van der Waals surface area contributed by atoms with Gasteiger partial charge in [-0.2, -0.15) is 0 Å². The smallest absolute Gasteiger partial charge is 0.0971 e. The predicted octanol–water partition coefficient (Wildman–Crippen LogP) is 5.03. The lowest BCUT2D eigenvalue weighted by Crippen LogP contribution is -2.53. The molecule has 0 saturated carbocycles. The van der Waals surface area contributed by atoms with Crippen molar-refractivity contribution < 1.29 is 4.48 Å². The van der Waals surface area contributed by atoms with E-state index < -0.39 is 0 Å². The van der Waals surface area contributed by atoms with Crippen LogP contribution >= 0.6 is 0 Å². The normalized spacial score (nSPS) is 21.8. The van der Waals surface area contributed by atoms with Crippen molar-refractivity contribution in [3.05, 3.63) is 12.7 Å². The van der Waals surface area contributed by atoms with Crippen LogP contribution in [0.25, 0.3) is 0 Å². The Balaban J connectivity index is 2.34. The van der Waals surface area contributed by atoms with E-state index in [1.165, 1.54) is 75.6 Å². The first-order valence-corrected chi connectivity index (χ1v) is 8.58. The van der Waals surface area contributed by atoms with Crippen molar-refractivity contribution in [2.24, 2.45) is 11.8 Å². The van der Waals surface area contributed by atoms with Crippen molar-refractivity contribution in [3.8, 4) is 0 Å². The molecule has 1 rings (SSSR count). The number of hydrogen-bond donors (Lipinski definition) is 0. The molecule has 112 valence electrons. The topological polar surface area (TPSA) is 0 Å². The molecule has 1 aliphatic rings. The van der Waals surface area contributed by atoms with Crippen molar-refractivity contribution >= 4 is 0 Å². The third-order valence-electron chi connectivity index (χ3n) is 5.07. The van der Waals surface area contributed by atoms with Gasteiger partial charge in [0.25, 0.3) is 0 Å². The summed E-state index contributed by atoms with van der Waals surface area (Å²) in [5.74, 6) is 1.79. The summed E-state index contributed by atoms with van der Waals surface area (Å²) < 4.78 is 1.33. The molecule has 0 radical (unpaired) electrons. The largest absolute Gasteiger partial charge is 0.320 e. The number of quaternary nitrogens is 1. The zero-order chi connectivity index (χ0) is 14.1. The van der Waals surface area contributed by atoms with E-state index in [1.807, 2.05) is 0 Å². The van der Waals surface area contributed by atoms with Gasteiger partial charge in [-0.1, -0.05) is 46.6 Å². The zero-order valence-electron chi connectivity index (χ0n) is 13.7. The molecule has 0 aliphatic carbocycles. The van der Waals surface area contributed by atoms with Gasteiger partial charge in [0.15, 0.2) is 0 Å². The molecule has 1 heterocycles. The lowest BCUT2D eigenvalue weighted by molar-refractivity contribution is -0.930. The summed E-state index contributed by atoms with van der Waals surface area (Å²) in [6, 6.07) is 0. The lowest BCUT2D eigenvalue weighted by atomic mass is 9.95. The average molecular weight is 266 g/mol. The minimum Gasteiger partial charge on any atom is -0.320 e. The maximum Gasteiger partial charge on any atom is 0.0971 e. The molecule has 1 heteroatoms. The summed E-state index contributed by atoms with van der Waals surface area (Å²) in [5.41, 5.74) is 0. The van der Waals surface area contributed by atoms with Crippen molar-refractivity contribution in [2.75, 3.05) is 26.2 Å². The fourth-order valence-electron chi connectivity index (χ4n) is 3.67. The molecule has 1 nitrogen and oxygen atoms in total. The Hall–Kier alpha value is -0.300. The van der Waals surface area contributed by atoms with Crippen LogP contribution in [0.5, 0.6) is 0 Å². The van der Waals surface area contributed by atoms with Crippen molar-refractivity contribution in [3.63, 3.8) is 0 Å². The Bertz CT molecular complexity index is 240. The lowest BCUT2D eigenvalue weighted by Gasteiger charge is -2.42. The standard InChI is InChI=1S/C18H36N/c1-5-13-19(14-8-7-9-15-19)16-18(4)12-10-11-17(3)6-2/h5,17-18H,1,6-16H2,2-4H3/q+1. The fourth-order valence-corrected chi connectivity index (χ4v) is 3.67. The molecule has 0 N–H and O–H groups in total. The molecule has 1 aliphatic heterocycles. The summed E-state index contributed by atoms with van der Waals surface area (Å²) in [7, 11) is 0. The van der Waals surface area contributed by atoms with Gasteiger partial charge in [0.05, 0.1) is 26.2 Å². The third-order valence-corrected chi connectivity index (χ3v) is 5.07. The number of nitrogens with zero attached hydrogens (tertiary/aromatic N) is 1. The highest BCUT2D eigenvalue weighted by Gasteiger charge is 2.30. The first kappa shape index (κ1) is 16.8. The molecule has 1 saturated heterocycles. The van der Waals surface area contributed by atoms with Gasteiger partial charge in [-0.3, -0.25) is 0 Å². The van der Waals surface area contributed by atoms with Gasteiger partial charge in [0, 0.05) is 5.92 Å². The van der Waals surface area contributed by atoms with Gasteiger partial charge in [0.1, 0.15) is 0 Å². The number of rotatable bonds is 9. The summed E-state index contributed by atoms with van der Waals surface area (Å²) in [4.78, 5) is 0. The van der Waals surface area contributed by atoms with Crippen molar-refractivity contribution in [1.29, 1.82) is 0 Å². The van der Waals surface area contributed by atoms with E-state index in [9.17, 15) is 0 Å². The van der Waals surface area contributed by atoms with E-state index in [0.29, 0.717) is 0 Å². The molecular formula is C18H36N+. The maximum atomic E-state index is 3.99. The molecule has 0 aromatic heterocycles. The molecule has 0 aromatic carbocycles. The van der Waals surface area contributed by atoms with Gasteiger partial charge in [-0.25, -0.2) is 0 Å². The zero-order valence-corrected chi connectivity index (χ0v) is 13.7. The Labute approximate surface area is 121 Å². The summed E-state index contributed by atoms with van der Waals surface area (Å²) in [6.45, 7) is 16.5. The highest BCUT2D eigenvalue weighted by Crippen LogP contribution is 2.24. The molecule has 0 amide bonds. The Kier molecular flexibility index (Phi) is 7.75. The Morgan fingerprint density at radius 3 is 2.26 bits per heavy atom. The molecule has 1 fully saturated rings. The number of likely N-dealkylation sites (tertiary alicyclic amines) is 1. The highest BCUT2D eigenvalue weighted by atomic mass is 15.4. The first-order valence-electron chi connectivity index (χ1n) is 8.58. The van der Waals surface area contributed by atoms with E-state index in [-0.39, 0.29) is 0 Å². The molecular weight excluding hydrogens is 230 g/mol. The SMILES string of the molecule is C=CC[N+]1(CC(C)CCCC(C)CC)CCCCC1. The second-order valence-corrected chi connectivity index (χ2v) is 7.05. The molecule has 2 unspecified atom stereocenters. The van der Waals surface area contributed by atoms with E-state index in [0.717, 1.165) is 11.8 Å². The van der Waals surface area contributed by atoms with Crippen LogP contribution in [0.3, 0.4) is 0 Å². The Morgan fingerprint density at radius 2 is 1.68 bits per heavy atom. The van der Waals surface area contributed by atoms with E-state index in [1.54, 1.807) is 0 Å². The molecule has 0 aromatic rings. The molecule has 0 spiro atoms. The van der Waals surface area contributed by atoms with E-state index in [4.69, 9.17) is 0 Å². The van der Waals surface area contributed by atoms with Crippen LogP contribution in [0.15, 0.2) is 12.7 Å². The van der Waals surface area contributed by atoms with Crippen molar-refractivity contribution in [2.45, 2.75) is 65.7 Å². The highest BCUT2D eigenvalue weighted by molar-refractivity contribution is 4.69. The second kappa shape index (κ2) is 8.79. The quantitative estimate of drug-likeness (QED) is 0.406. The van der Waals surface area contributed by atoms with Crippen LogP contribution in [0.4, 0.5) is 0 Å². The third kappa shape index (κ3) is 6.12. The molecule has 2 atom stereocenters. The Morgan fingerprint density at radius 1 is 1.05 bits per heavy atom. The minimum absolute atomic E-state index is 0.877. The number of piperidine rings is 1. The summed E-state index contributed by atoms with van der Waals surface area (Å²) >= 11 is 0. The van der Waals surface area contributed by atoms with E-state index in [2.05, 4.69) is 33.4 Å². The summed E-state index contributed by atoms with van der Waals surface area (Å²) in [5, 5.41) is 0. The van der Waals surface area contributed by atoms with Gasteiger partial charge in [0.2, 0.25) is 0 Å². The van der Waals surface area contributed by atoms with Crippen LogP contribution in [-0.4, -0.2) is 30.7 Å². The average Bonchev–Trinajstić information content (AvgIpc) is 2.39. The fraction of sp³-hybridized carbons (Fsp3) is 0.889. The monoisotopic (exact) mass is 266 g/mol. The summed E-state index contributed by atoms with van der Waals surface area (Å²) in [6.07, 6.45) is 12.0. The van der Waals surface area contributed by atoms with E-state index >= 15 is 0 Å². The minimum atomic E-state index is 0.877. The first-order chi connectivity index (χ1) is 9.12.